The van der Waals surface area contributed by atoms with Crippen molar-refractivity contribution in [3.63, 3.8) is 0 Å². The van der Waals surface area contributed by atoms with E-state index >= 15 is 0 Å². The zero-order valence-corrected chi connectivity index (χ0v) is 11.5. The molecule has 0 aliphatic carbocycles. The van der Waals surface area contributed by atoms with Gasteiger partial charge in [-0.05, 0) is 88.3 Å². The van der Waals surface area contributed by atoms with Gasteiger partial charge in [0.1, 0.15) is 0 Å². The van der Waals surface area contributed by atoms with Crippen molar-refractivity contribution in [2.45, 2.75) is 18.9 Å². The number of rotatable bonds is 1. The molecule has 13 heavy (non-hydrogen) atoms. The zero-order chi connectivity index (χ0) is 9.26. The molecule has 1 saturated heterocycles. The summed E-state index contributed by atoms with van der Waals surface area (Å²) in [5.41, 5.74) is 1.45. The highest BCUT2D eigenvalue weighted by Gasteiger charge is 2.16. The van der Waals surface area contributed by atoms with Crippen molar-refractivity contribution < 1.29 is 0 Å². The summed E-state index contributed by atoms with van der Waals surface area (Å²) in [7, 11) is 0. The first-order chi connectivity index (χ1) is 6.25. The first-order valence-electron chi connectivity index (χ1n) is 4.45. The second-order valence-electron chi connectivity index (χ2n) is 3.35. The summed E-state index contributed by atoms with van der Waals surface area (Å²) in [6.45, 7) is 1.17. The molecule has 1 heterocycles. The normalized spacial score (nSPS) is 22.2. The Morgan fingerprint density at radius 1 is 1.15 bits per heavy atom. The van der Waals surface area contributed by atoms with Gasteiger partial charge in [-0.3, -0.25) is 0 Å². The minimum atomic E-state index is 0.600. The van der Waals surface area contributed by atoms with Crippen LogP contribution in [0.1, 0.15) is 24.4 Å². The minimum Gasteiger partial charge on any atom is -0.310 e. The fraction of sp³-hybridized carbons (Fsp3) is 0.400. The van der Waals surface area contributed by atoms with Gasteiger partial charge in [0.25, 0.3) is 0 Å². The van der Waals surface area contributed by atoms with Crippen LogP contribution >= 0.6 is 45.2 Å². The molecule has 0 saturated carbocycles. The topological polar surface area (TPSA) is 12.0 Å². The van der Waals surface area contributed by atoms with E-state index in [1.165, 1.54) is 32.1 Å². The molecule has 70 valence electrons. The molecule has 2 rings (SSSR count). The third kappa shape index (κ3) is 2.56. The zero-order valence-electron chi connectivity index (χ0n) is 7.19. The van der Waals surface area contributed by atoms with Crippen LogP contribution in [0.15, 0.2) is 18.2 Å². The summed E-state index contributed by atoms with van der Waals surface area (Å²) in [6, 6.07) is 7.38. The molecule has 1 aliphatic rings. The lowest BCUT2D eigenvalue weighted by atomic mass is 10.1. The molecule has 1 aromatic carbocycles. The Hall–Kier alpha value is 0.640. The van der Waals surface area contributed by atoms with Crippen LogP contribution in [0.4, 0.5) is 0 Å². The van der Waals surface area contributed by atoms with Crippen LogP contribution in [0.2, 0.25) is 0 Å². The fourth-order valence-electron chi connectivity index (χ4n) is 1.75. The van der Waals surface area contributed by atoms with Crippen molar-refractivity contribution >= 4 is 45.2 Å². The largest absolute Gasteiger partial charge is 0.310 e. The van der Waals surface area contributed by atoms with Crippen LogP contribution < -0.4 is 5.32 Å². The molecule has 1 aliphatic heterocycles. The molecule has 3 heteroatoms. The van der Waals surface area contributed by atoms with E-state index in [0.717, 1.165) is 0 Å². The molecule has 1 unspecified atom stereocenters. The lowest BCUT2D eigenvalue weighted by Crippen LogP contribution is -2.13. The van der Waals surface area contributed by atoms with E-state index in [1.54, 1.807) is 0 Å². The maximum atomic E-state index is 3.52. The second-order valence-corrected chi connectivity index (χ2v) is 5.84. The Morgan fingerprint density at radius 3 is 2.38 bits per heavy atom. The molecule has 0 bridgehead atoms. The quantitative estimate of drug-likeness (QED) is 0.715. The predicted octanol–water partition coefficient (Wildman–Crippen LogP) is 3.32. The molecule has 0 spiro atoms. The number of hydrogen-bond donors (Lipinski definition) is 1. The highest BCUT2D eigenvalue weighted by Crippen LogP contribution is 2.25. The number of hydrogen-bond acceptors (Lipinski definition) is 1. The van der Waals surface area contributed by atoms with Crippen LogP contribution in [0.5, 0.6) is 0 Å². The fourth-order valence-corrected chi connectivity index (χ4v) is 3.73. The van der Waals surface area contributed by atoms with Gasteiger partial charge in [-0.1, -0.05) is 0 Å². The summed E-state index contributed by atoms with van der Waals surface area (Å²) in [5, 5.41) is 3.52. The molecule has 0 aromatic heterocycles. The van der Waals surface area contributed by atoms with Gasteiger partial charge < -0.3 is 5.32 Å². The van der Waals surface area contributed by atoms with Gasteiger partial charge in [0.05, 0.1) is 0 Å². The molecular weight excluding hydrogens is 388 g/mol. The molecule has 1 nitrogen and oxygen atoms in total. The summed E-state index contributed by atoms with van der Waals surface area (Å²) in [6.07, 6.45) is 2.60. The van der Waals surface area contributed by atoms with Crippen molar-refractivity contribution in [2.24, 2.45) is 0 Å². The van der Waals surface area contributed by atoms with Gasteiger partial charge in [-0.25, -0.2) is 0 Å². The van der Waals surface area contributed by atoms with Crippen molar-refractivity contribution in [1.82, 2.24) is 5.32 Å². The molecule has 1 fully saturated rings. The van der Waals surface area contributed by atoms with Gasteiger partial charge in [-0.15, -0.1) is 0 Å². The van der Waals surface area contributed by atoms with Gasteiger partial charge in [0.2, 0.25) is 0 Å². The Balaban J connectivity index is 2.28. The first-order valence-corrected chi connectivity index (χ1v) is 6.61. The standard InChI is InChI=1S/C10H11I2N/c11-8-4-7(5-9(12)6-8)10-2-1-3-13-10/h4-6,10,13H,1-3H2. The molecule has 1 atom stereocenters. The monoisotopic (exact) mass is 399 g/mol. The SMILES string of the molecule is Ic1cc(I)cc(C2CCCN2)c1. The average Bonchev–Trinajstić information content (AvgIpc) is 2.53. The molecular formula is C10H11I2N. The maximum absolute atomic E-state index is 3.52. The summed E-state index contributed by atoms with van der Waals surface area (Å²) >= 11 is 4.77. The summed E-state index contributed by atoms with van der Waals surface area (Å²) in [5.74, 6) is 0. The van der Waals surface area contributed by atoms with E-state index in [1.807, 2.05) is 0 Å². The number of benzene rings is 1. The molecule has 1 N–H and O–H groups in total. The number of nitrogens with one attached hydrogen (secondary N) is 1. The van der Waals surface area contributed by atoms with Crippen LogP contribution in [-0.2, 0) is 0 Å². The van der Waals surface area contributed by atoms with E-state index in [2.05, 4.69) is 68.7 Å². The average molecular weight is 399 g/mol. The summed E-state index contributed by atoms with van der Waals surface area (Å²) < 4.78 is 2.68. The van der Waals surface area contributed by atoms with Crippen LogP contribution in [0.3, 0.4) is 0 Å². The van der Waals surface area contributed by atoms with Crippen LogP contribution in [0.25, 0.3) is 0 Å². The van der Waals surface area contributed by atoms with Crippen molar-refractivity contribution in [1.29, 1.82) is 0 Å². The second kappa shape index (κ2) is 4.44. The third-order valence-corrected chi connectivity index (χ3v) is 3.59. The molecule has 0 amide bonds. The van der Waals surface area contributed by atoms with Crippen LogP contribution in [0, 0.1) is 7.14 Å². The Kier molecular flexibility index (Phi) is 3.47. The van der Waals surface area contributed by atoms with Gasteiger partial charge >= 0.3 is 0 Å². The van der Waals surface area contributed by atoms with E-state index in [4.69, 9.17) is 0 Å². The summed E-state index contributed by atoms with van der Waals surface area (Å²) in [4.78, 5) is 0. The van der Waals surface area contributed by atoms with E-state index in [-0.39, 0.29) is 0 Å². The third-order valence-electron chi connectivity index (χ3n) is 2.35. The van der Waals surface area contributed by atoms with Gasteiger partial charge in [-0.2, -0.15) is 0 Å². The van der Waals surface area contributed by atoms with Gasteiger partial charge in [0.15, 0.2) is 0 Å². The van der Waals surface area contributed by atoms with E-state index in [9.17, 15) is 0 Å². The van der Waals surface area contributed by atoms with Crippen LogP contribution in [-0.4, -0.2) is 6.54 Å². The van der Waals surface area contributed by atoms with Crippen molar-refractivity contribution in [3.05, 3.63) is 30.9 Å². The highest BCUT2D eigenvalue weighted by molar-refractivity contribution is 14.1. The maximum Gasteiger partial charge on any atom is 0.0321 e. The van der Waals surface area contributed by atoms with Crippen molar-refractivity contribution in [3.8, 4) is 0 Å². The van der Waals surface area contributed by atoms with Crippen molar-refractivity contribution in [2.75, 3.05) is 6.54 Å². The smallest absolute Gasteiger partial charge is 0.0321 e. The minimum absolute atomic E-state index is 0.600. The van der Waals surface area contributed by atoms with E-state index in [0.29, 0.717) is 6.04 Å². The first kappa shape index (κ1) is 10.2. The predicted molar refractivity (Wildman–Crippen MR) is 71.9 cm³/mol. The van der Waals surface area contributed by atoms with E-state index < -0.39 is 0 Å². The molecule has 0 radical (unpaired) electrons. The lowest BCUT2D eigenvalue weighted by Gasteiger charge is -2.11. The highest BCUT2D eigenvalue weighted by atomic mass is 127. The van der Waals surface area contributed by atoms with Gasteiger partial charge in [0, 0.05) is 13.2 Å². The Bertz CT molecular complexity index is 286. The molecule has 1 aromatic rings. The number of halogens is 2. The lowest BCUT2D eigenvalue weighted by molar-refractivity contribution is 0.647. The Labute approximate surface area is 106 Å². The Morgan fingerprint density at radius 2 is 1.85 bits per heavy atom.